The van der Waals surface area contributed by atoms with Gasteiger partial charge in [-0.25, -0.2) is 0 Å². The van der Waals surface area contributed by atoms with Gasteiger partial charge in [0, 0.05) is 23.3 Å². The van der Waals surface area contributed by atoms with Gasteiger partial charge in [-0.15, -0.1) is 0 Å². The van der Waals surface area contributed by atoms with E-state index in [1.54, 1.807) is 6.92 Å². The Hall–Kier alpha value is -1.83. The van der Waals surface area contributed by atoms with Gasteiger partial charge in [-0.2, -0.15) is 0 Å². The maximum Gasteiger partial charge on any atom is 0.159 e. The average molecular weight is 252 g/mol. The highest BCUT2D eigenvalue weighted by Crippen LogP contribution is 2.55. The second kappa shape index (κ2) is 3.60. The van der Waals surface area contributed by atoms with Crippen molar-refractivity contribution in [3.63, 3.8) is 0 Å². The molecule has 0 aromatic heterocycles. The lowest BCUT2D eigenvalue weighted by atomic mass is 9.62. The second-order valence-corrected chi connectivity index (χ2v) is 5.70. The lowest BCUT2D eigenvalue weighted by molar-refractivity contribution is -0.114. The zero-order chi connectivity index (χ0) is 13.1. The molecule has 2 nitrogen and oxygen atoms in total. The first-order chi connectivity index (χ1) is 9.18. The molecule has 1 aromatic carbocycles. The van der Waals surface area contributed by atoms with E-state index in [1.165, 1.54) is 11.1 Å². The molecule has 3 aliphatic carbocycles. The average Bonchev–Trinajstić information content (AvgIpc) is 2.77. The molecule has 1 aliphatic heterocycles. The van der Waals surface area contributed by atoms with E-state index in [4.69, 9.17) is 4.74 Å². The Balaban J connectivity index is 1.90. The van der Waals surface area contributed by atoms with Crippen LogP contribution in [0.15, 0.2) is 47.7 Å². The number of ketones is 1. The summed E-state index contributed by atoms with van der Waals surface area (Å²) in [4.78, 5) is 11.9. The summed E-state index contributed by atoms with van der Waals surface area (Å²) in [5.74, 6) is 1.78. The molecule has 0 radical (unpaired) electrons. The van der Waals surface area contributed by atoms with Gasteiger partial charge in [-0.1, -0.05) is 36.4 Å². The molecule has 0 spiro atoms. The summed E-state index contributed by atoms with van der Waals surface area (Å²) < 4.78 is 6.04. The standard InChI is InChI=1S/C17H16O2/c1-9(18)15-10(2)19-17-14-8-7-13(16(15)17)11-5-3-4-6-12(11)14/h3-8,13-14,16-17H,1-2H3/t13-,14+,16+,17+/m1/s1. The molecule has 19 heavy (non-hydrogen) atoms. The summed E-state index contributed by atoms with van der Waals surface area (Å²) in [6, 6.07) is 8.56. The predicted octanol–water partition coefficient (Wildman–Crippen LogP) is 3.32. The monoisotopic (exact) mass is 252 g/mol. The van der Waals surface area contributed by atoms with Crippen LogP contribution in [0.4, 0.5) is 0 Å². The van der Waals surface area contributed by atoms with Gasteiger partial charge >= 0.3 is 0 Å². The van der Waals surface area contributed by atoms with Gasteiger partial charge in [0.25, 0.3) is 0 Å². The highest BCUT2D eigenvalue weighted by atomic mass is 16.5. The zero-order valence-electron chi connectivity index (χ0n) is 11.1. The van der Waals surface area contributed by atoms with Crippen molar-refractivity contribution in [3.8, 4) is 0 Å². The number of hydrogen-bond acceptors (Lipinski definition) is 2. The minimum atomic E-state index is 0.115. The number of allylic oxidation sites excluding steroid dienone is 2. The van der Waals surface area contributed by atoms with Crippen LogP contribution >= 0.6 is 0 Å². The molecule has 0 saturated carbocycles. The Kier molecular flexibility index (Phi) is 2.09. The van der Waals surface area contributed by atoms with Crippen LogP contribution in [-0.4, -0.2) is 11.9 Å². The van der Waals surface area contributed by atoms with Crippen LogP contribution in [0.25, 0.3) is 0 Å². The summed E-state index contributed by atoms with van der Waals surface area (Å²) in [6.45, 7) is 3.58. The number of ether oxygens (including phenoxy) is 1. The molecule has 1 heterocycles. The van der Waals surface area contributed by atoms with E-state index in [0.29, 0.717) is 5.92 Å². The van der Waals surface area contributed by atoms with E-state index in [0.717, 1.165) is 11.3 Å². The second-order valence-electron chi connectivity index (χ2n) is 5.70. The first-order valence-corrected chi connectivity index (χ1v) is 6.84. The van der Waals surface area contributed by atoms with Gasteiger partial charge in [0.15, 0.2) is 5.78 Å². The summed E-state index contributed by atoms with van der Waals surface area (Å²) in [5, 5.41) is 0. The number of Topliss-reactive ketones (excluding diaryl/α,β-unsaturated/α-hetero) is 1. The number of benzene rings is 1. The number of carbonyl (C=O) groups excluding carboxylic acids is 1. The van der Waals surface area contributed by atoms with Crippen molar-refractivity contribution in [2.24, 2.45) is 5.92 Å². The van der Waals surface area contributed by atoms with Crippen LogP contribution in [0.1, 0.15) is 36.8 Å². The molecule has 0 amide bonds. The molecule has 0 fully saturated rings. The fraction of sp³-hybridized carbons (Fsp3) is 0.353. The number of rotatable bonds is 1. The number of carbonyl (C=O) groups is 1. The minimum Gasteiger partial charge on any atom is -0.493 e. The van der Waals surface area contributed by atoms with Gasteiger partial charge in [-0.05, 0) is 25.0 Å². The third kappa shape index (κ3) is 1.29. The van der Waals surface area contributed by atoms with Crippen LogP contribution in [-0.2, 0) is 9.53 Å². The van der Waals surface area contributed by atoms with Crippen LogP contribution < -0.4 is 0 Å². The third-order valence-corrected chi connectivity index (χ3v) is 4.74. The van der Waals surface area contributed by atoms with E-state index >= 15 is 0 Å². The molecule has 4 aliphatic rings. The molecule has 1 aromatic rings. The van der Waals surface area contributed by atoms with Crippen molar-refractivity contribution in [2.45, 2.75) is 31.8 Å². The highest BCUT2D eigenvalue weighted by Gasteiger charge is 2.51. The molecule has 4 atom stereocenters. The van der Waals surface area contributed by atoms with Crippen molar-refractivity contribution >= 4 is 5.78 Å². The Morgan fingerprint density at radius 1 is 1.11 bits per heavy atom. The SMILES string of the molecule is CC(=O)C1=C(C)O[C@@H]2[C@H]1[C@@H]1C=C[C@H]2c2ccccc21. The third-order valence-electron chi connectivity index (χ3n) is 4.74. The lowest BCUT2D eigenvalue weighted by Gasteiger charge is -2.42. The van der Waals surface area contributed by atoms with Crippen molar-refractivity contribution in [1.29, 1.82) is 0 Å². The molecule has 5 rings (SSSR count). The van der Waals surface area contributed by atoms with E-state index in [9.17, 15) is 4.79 Å². The van der Waals surface area contributed by atoms with Gasteiger partial charge < -0.3 is 4.74 Å². The molecule has 96 valence electrons. The van der Waals surface area contributed by atoms with Crippen LogP contribution in [0.3, 0.4) is 0 Å². The highest BCUT2D eigenvalue weighted by molar-refractivity contribution is 5.95. The van der Waals surface area contributed by atoms with Gasteiger partial charge in [0.05, 0.1) is 0 Å². The van der Waals surface area contributed by atoms with E-state index in [-0.39, 0.29) is 23.7 Å². The summed E-state index contributed by atoms with van der Waals surface area (Å²) in [7, 11) is 0. The predicted molar refractivity (Wildman–Crippen MR) is 72.8 cm³/mol. The van der Waals surface area contributed by atoms with Crippen LogP contribution in [0, 0.1) is 5.92 Å². The molecular weight excluding hydrogens is 236 g/mol. The Labute approximate surface area is 112 Å². The summed E-state index contributed by atoms with van der Waals surface area (Å²) in [5.41, 5.74) is 3.64. The first kappa shape index (κ1) is 11.0. The van der Waals surface area contributed by atoms with Gasteiger partial charge in [0.1, 0.15) is 11.9 Å². The summed E-state index contributed by atoms with van der Waals surface area (Å²) >= 11 is 0. The first-order valence-electron chi connectivity index (χ1n) is 6.84. The Bertz CT molecular complexity index is 638. The van der Waals surface area contributed by atoms with E-state index in [2.05, 4.69) is 36.4 Å². The quantitative estimate of drug-likeness (QED) is 0.717. The normalized spacial score (nSPS) is 34.0. The van der Waals surface area contributed by atoms with E-state index in [1.807, 2.05) is 6.92 Å². The van der Waals surface area contributed by atoms with Crippen LogP contribution in [0.2, 0.25) is 0 Å². The van der Waals surface area contributed by atoms with Crippen LogP contribution in [0.5, 0.6) is 0 Å². The smallest absolute Gasteiger partial charge is 0.159 e. The van der Waals surface area contributed by atoms with Crippen molar-refractivity contribution in [1.82, 2.24) is 0 Å². The maximum absolute atomic E-state index is 11.9. The van der Waals surface area contributed by atoms with Crippen molar-refractivity contribution in [2.75, 3.05) is 0 Å². The van der Waals surface area contributed by atoms with Gasteiger partial charge in [-0.3, -0.25) is 4.79 Å². The van der Waals surface area contributed by atoms with Gasteiger partial charge in [0.2, 0.25) is 0 Å². The fourth-order valence-electron chi connectivity index (χ4n) is 4.07. The Morgan fingerprint density at radius 3 is 2.42 bits per heavy atom. The lowest BCUT2D eigenvalue weighted by Crippen LogP contribution is -2.39. The van der Waals surface area contributed by atoms with E-state index < -0.39 is 0 Å². The summed E-state index contributed by atoms with van der Waals surface area (Å²) in [6.07, 6.45) is 4.63. The van der Waals surface area contributed by atoms with Crippen molar-refractivity contribution in [3.05, 3.63) is 58.9 Å². The molecule has 2 heteroatoms. The minimum absolute atomic E-state index is 0.115. The number of hydrogen-bond donors (Lipinski definition) is 0. The fourth-order valence-corrected chi connectivity index (χ4v) is 4.07. The topological polar surface area (TPSA) is 26.3 Å². The molecule has 0 N–H and O–H groups in total. The van der Waals surface area contributed by atoms with Crippen molar-refractivity contribution < 1.29 is 9.53 Å². The molecule has 2 bridgehead atoms. The Morgan fingerprint density at radius 2 is 1.74 bits per heavy atom. The maximum atomic E-state index is 11.9. The molecule has 0 unspecified atom stereocenters. The molecular formula is C17H16O2. The largest absolute Gasteiger partial charge is 0.493 e. The zero-order valence-corrected chi connectivity index (χ0v) is 11.1. The molecule has 0 saturated heterocycles.